The molecule has 1 aliphatic heterocycles. The molecule has 0 spiro atoms. The van der Waals surface area contributed by atoms with Gasteiger partial charge in [0.25, 0.3) is 0 Å². The highest BCUT2D eigenvalue weighted by Gasteiger charge is 2.25. The summed E-state index contributed by atoms with van der Waals surface area (Å²) in [7, 11) is 1.69. The maximum absolute atomic E-state index is 12.8. The van der Waals surface area contributed by atoms with E-state index in [1.807, 2.05) is 26.8 Å². The average molecular weight is 303 g/mol. The molecule has 0 N–H and O–H groups in total. The Morgan fingerprint density at radius 3 is 2.32 bits per heavy atom. The summed E-state index contributed by atoms with van der Waals surface area (Å²) in [6.07, 6.45) is 1.27. The number of carbonyl (C=O) groups excluding carboxylic acids is 1. The fourth-order valence-corrected chi connectivity index (χ4v) is 3.87. The van der Waals surface area contributed by atoms with Crippen LogP contribution in [-0.2, 0) is 0 Å². The molecule has 0 bridgehead atoms. The second kappa shape index (κ2) is 6.82. The fraction of sp³-hybridized carbons (Fsp3) is 0.632. The van der Waals surface area contributed by atoms with Crippen LogP contribution in [0.5, 0.6) is 5.75 Å². The molecule has 1 aromatic rings. The van der Waals surface area contributed by atoms with Crippen LogP contribution in [0.4, 0.5) is 0 Å². The summed E-state index contributed by atoms with van der Waals surface area (Å²) in [5, 5.41) is 0. The molecule has 2 rings (SSSR count). The van der Waals surface area contributed by atoms with Crippen LogP contribution in [0.2, 0.25) is 0 Å². The zero-order valence-corrected chi connectivity index (χ0v) is 14.8. The van der Waals surface area contributed by atoms with Crippen LogP contribution in [0, 0.1) is 32.6 Å². The lowest BCUT2D eigenvalue weighted by molar-refractivity contribution is 0.0848. The topological polar surface area (TPSA) is 29.5 Å². The summed E-state index contributed by atoms with van der Waals surface area (Å²) in [6, 6.07) is 1.99. The molecule has 1 aromatic carbocycles. The minimum Gasteiger partial charge on any atom is -0.496 e. The van der Waals surface area contributed by atoms with E-state index >= 15 is 0 Å². The van der Waals surface area contributed by atoms with Gasteiger partial charge in [0.15, 0.2) is 5.78 Å². The molecule has 1 saturated heterocycles. The van der Waals surface area contributed by atoms with Crippen molar-refractivity contribution in [3.05, 3.63) is 28.3 Å². The molecule has 0 aromatic heterocycles. The molecular formula is C19H29NO2. The maximum atomic E-state index is 12.8. The van der Waals surface area contributed by atoms with Crippen molar-refractivity contribution in [1.29, 1.82) is 0 Å². The number of nitrogens with zero attached hydrogens (tertiary/aromatic N) is 1. The van der Waals surface area contributed by atoms with Gasteiger partial charge in [0.2, 0.25) is 0 Å². The Morgan fingerprint density at radius 2 is 1.77 bits per heavy atom. The van der Waals surface area contributed by atoms with Gasteiger partial charge in [0, 0.05) is 18.7 Å². The number of hydrogen-bond donors (Lipinski definition) is 0. The Kier molecular flexibility index (Phi) is 5.28. The average Bonchev–Trinajstić information content (AvgIpc) is 2.42. The first-order valence-electron chi connectivity index (χ1n) is 8.23. The van der Waals surface area contributed by atoms with E-state index in [2.05, 4.69) is 18.7 Å². The van der Waals surface area contributed by atoms with E-state index in [4.69, 9.17) is 4.74 Å². The van der Waals surface area contributed by atoms with Crippen molar-refractivity contribution in [3.8, 4) is 5.75 Å². The van der Waals surface area contributed by atoms with Gasteiger partial charge in [0.1, 0.15) is 5.75 Å². The Labute approximate surface area is 134 Å². The van der Waals surface area contributed by atoms with E-state index in [1.165, 1.54) is 6.42 Å². The number of hydrogen-bond acceptors (Lipinski definition) is 3. The van der Waals surface area contributed by atoms with E-state index in [1.54, 1.807) is 7.11 Å². The molecule has 22 heavy (non-hydrogen) atoms. The number of methoxy groups -OCH3 is 1. The Morgan fingerprint density at radius 1 is 1.18 bits per heavy atom. The number of Topliss-reactive ketones (excluding diaryl/α,β-unsaturated/α-hetero) is 1. The molecule has 2 unspecified atom stereocenters. The van der Waals surface area contributed by atoms with E-state index < -0.39 is 0 Å². The summed E-state index contributed by atoms with van der Waals surface area (Å²) < 4.78 is 5.45. The van der Waals surface area contributed by atoms with Crippen molar-refractivity contribution < 1.29 is 9.53 Å². The molecule has 0 amide bonds. The van der Waals surface area contributed by atoms with Crippen LogP contribution in [0.3, 0.4) is 0 Å². The van der Waals surface area contributed by atoms with E-state index in [0.29, 0.717) is 18.4 Å². The van der Waals surface area contributed by atoms with Crippen molar-refractivity contribution in [2.24, 2.45) is 11.8 Å². The molecule has 3 nitrogen and oxygen atoms in total. The lowest BCUT2D eigenvalue weighted by atomic mass is 9.91. The Balaban J connectivity index is 2.20. The predicted molar refractivity (Wildman–Crippen MR) is 90.9 cm³/mol. The van der Waals surface area contributed by atoms with Crippen LogP contribution in [0.1, 0.15) is 47.3 Å². The first-order chi connectivity index (χ1) is 10.3. The zero-order valence-electron chi connectivity index (χ0n) is 14.8. The number of rotatable bonds is 4. The summed E-state index contributed by atoms with van der Waals surface area (Å²) in [5.41, 5.74) is 4.01. The van der Waals surface area contributed by atoms with E-state index in [9.17, 15) is 4.79 Å². The third-order valence-electron chi connectivity index (χ3n) is 4.84. The molecular weight excluding hydrogens is 274 g/mol. The second-order valence-corrected chi connectivity index (χ2v) is 7.09. The fourth-order valence-electron chi connectivity index (χ4n) is 3.87. The Bertz CT molecular complexity index is 555. The normalized spacial score (nSPS) is 22.6. The van der Waals surface area contributed by atoms with Crippen LogP contribution in [-0.4, -0.2) is 37.4 Å². The number of piperidine rings is 1. The number of ether oxygens (including phenoxy) is 1. The number of likely N-dealkylation sites (tertiary alicyclic amines) is 1. The molecule has 1 aliphatic rings. The molecule has 2 atom stereocenters. The second-order valence-electron chi connectivity index (χ2n) is 7.09. The minimum absolute atomic E-state index is 0.229. The predicted octanol–water partition coefficient (Wildman–Crippen LogP) is 3.78. The summed E-state index contributed by atoms with van der Waals surface area (Å²) in [4.78, 5) is 15.1. The molecule has 1 heterocycles. The maximum Gasteiger partial charge on any atom is 0.177 e. The smallest absolute Gasteiger partial charge is 0.177 e. The van der Waals surface area contributed by atoms with Crippen LogP contribution >= 0.6 is 0 Å². The summed E-state index contributed by atoms with van der Waals surface area (Å²) >= 11 is 0. The van der Waals surface area contributed by atoms with Gasteiger partial charge < -0.3 is 4.74 Å². The highest BCUT2D eigenvalue weighted by Crippen LogP contribution is 2.29. The van der Waals surface area contributed by atoms with Crippen LogP contribution in [0.25, 0.3) is 0 Å². The molecule has 1 fully saturated rings. The van der Waals surface area contributed by atoms with Gasteiger partial charge in [-0.25, -0.2) is 0 Å². The number of benzene rings is 1. The first kappa shape index (κ1) is 17.0. The van der Waals surface area contributed by atoms with Crippen molar-refractivity contribution in [2.45, 2.75) is 41.0 Å². The van der Waals surface area contributed by atoms with E-state index in [0.717, 1.165) is 41.1 Å². The standard InChI is InChI=1S/C19H29NO2/c1-12-7-13(2)10-20(9-12)11-18(21)17-8-14(3)19(22-6)16(5)15(17)4/h8,12-13H,7,9-11H2,1-6H3. The number of carbonyl (C=O) groups is 1. The van der Waals surface area contributed by atoms with Crippen molar-refractivity contribution in [3.63, 3.8) is 0 Å². The summed E-state index contributed by atoms with van der Waals surface area (Å²) in [5.74, 6) is 2.48. The van der Waals surface area contributed by atoms with Gasteiger partial charge >= 0.3 is 0 Å². The molecule has 3 heteroatoms. The molecule has 0 aliphatic carbocycles. The van der Waals surface area contributed by atoms with Crippen molar-refractivity contribution in [1.82, 2.24) is 4.90 Å². The number of aryl methyl sites for hydroxylation is 1. The van der Waals surface area contributed by atoms with Gasteiger partial charge in [-0.1, -0.05) is 13.8 Å². The Hall–Kier alpha value is -1.35. The molecule has 0 saturated carbocycles. The van der Waals surface area contributed by atoms with Gasteiger partial charge in [-0.3, -0.25) is 9.69 Å². The largest absolute Gasteiger partial charge is 0.496 e. The third-order valence-corrected chi connectivity index (χ3v) is 4.84. The van der Waals surface area contributed by atoms with Crippen molar-refractivity contribution >= 4 is 5.78 Å². The van der Waals surface area contributed by atoms with Gasteiger partial charge in [0.05, 0.1) is 13.7 Å². The first-order valence-corrected chi connectivity index (χ1v) is 8.23. The van der Waals surface area contributed by atoms with Crippen molar-refractivity contribution in [2.75, 3.05) is 26.7 Å². The third kappa shape index (κ3) is 3.52. The number of ketones is 1. The molecule has 122 valence electrons. The van der Waals surface area contributed by atoms with Gasteiger partial charge in [-0.15, -0.1) is 0 Å². The highest BCUT2D eigenvalue weighted by atomic mass is 16.5. The lowest BCUT2D eigenvalue weighted by Gasteiger charge is -2.34. The minimum atomic E-state index is 0.229. The van der Waals surface area contributed by atoms with E-state index in [-0.39, 0.29) is 5.78 Å². The summed E-state index contributed by atoms with van der Waals surface area (Å²) in [6.45, 7) is 13.2. The van der Waals surface area contributed by atoms with Gasteiger partial charge in [-0.05, 0) is 61.8 Å². The van der Waals surface area contributed by atoms with Gasteiger partial charge in [-0.2, -0.15) is 0 Å². The SMILES string of the molecule is COc1c(C)cc(C(=O)CN2CC(C)CC(C)C2)c(C)c1C. The highest BCUT2D eigenvalue weighted by molar-refractivity contribution is 5.99. The lowest BCUT2D eigenvalue weighted by Crippen LogP contribution is -2.41. The quantitative estimate of drug-likeness (QED) is 0.793. The van der Waals surface area contributed by atoms with Crippen LogP contribution in [0.15, 0.2) is 6.07 Å². The zero-order chi connectivity index (χ0) is 16.4. The molecule has 0 radical (unpaired) electrons. The van der Waals surface area contributed by atoms with Crippen LogP contribution < -0.4 is 4.74 Å². The monoisotopic (exact) mass is 303 g/mol.